The molecule has 5 N–H and O–H groups in total. The Hall–Kier alpha value is -7.22. The van der Waals surface area contributed by atoms with E-state index in [2.05, 4.69) is 30.8 Å². The largest absolute Gasteiger partial charge is 0.523 e. The third-order valence-electron chi connectivity index (χ3n) is 13.9. The van der Waals surface area contributed by atoms with E-state index in [-0.39, 0.29) is 32.2 Å². The number of halogens is 3. The van der Waals surface area contributed by atoms with Gasteiger partial charge in [-0.15, -0.1) is 0 Å². The van der Waals surface area contributed by atoms with Crippen LogP contribution in [0.4, 0.5) is 18.0 Å². The maximum Gasteiger partial charge on any atom is 0.523 e. The van der Waals surface area contributed by atoms with Crippen LogP contribution < -0.4 is 26.6 Å². The number of carbonyl (C=O) groups is 10. The highest BCUT2D eigenvalue weighted by atomic mass is 32.2. The highest BCUT2D eigenvalue weighted by Gasteiger charge is 2.51. The minimum Gasteiger partial charge on any atom is -0.460 e. The lowest BCUT2D eigenvalue weighted by Crippen LogP contribution is -2.61. The van der Waals surface area contributed by atoms with Gasteiger partial charge in [-0.2, -0.15) is 21.6 Å². The monoisotopic (exact) mass is 1370 g/mol. The fraction of sp³-hybridized carbons (Fsp3) is 0.688. The normalized spacial score (nSPS) is 19.3. The molecule has 0 aliphatic carbocycles. The second kappa shape index (κ2) is 32.7. The van der Waals surface area contributed by atoms with Gasteiger partial charge in [0.05, 0.1) is 38.3 Å². The Morgan fingerprint density at radius 3 is 1.67 bits per heavy atom. The molecule has 2 aromatic carbocycles. The van der Waals surface area contributed by atoms with Gasteiger partial charge in [-0.25, -0.2) is 14.4 Å². The van der Waals surface area contributed by atoms with E-state index >= 15 is 9.59 Å². The van der Waals surface area contributed by atoms with E-state index in [4.69, 9.17) is 37.9 Å². The second-order valence-corrected chi connectivity index (χ2v) is 30.0. The first-order chi connectivity index (χ1) is 43.5. The third kappa shape index (κ3) is 27.8. The van der Waals surface area contributed by atoms with Crippen LogP contribution in [0.15, 0.2) is 42.5 Å². The quantitative estimate of drug-likeness (QED) is 0.0361. The number of ether oxygens (including phenoxy) is 8. The fourth-order valence-corrected chi connectivity index (χ4v) is 10.1. The Kier molecular flexibility index (Phi) is 27.6. The standard InChI is InChI=1S/C64H95F3N6O21S/c1-57(2,3)90-48(75)28-26-42(68-47(74)34-86-35-63(36-87-62(15,16)88-37-63)38-89-95(84,85)64(65,66)67)51(78)69-43(27-29-49(76)91-58(4,5)6)52(79)70-45(32-39-24-25-40-21-17-18-22-41(40)31-39)53(80)73-30-20-19-23-44(54(81)93-59(7,8)9)71-56(83)72-46(55(82)94-60(10,11)12)33-50(77)92-61(73,13)14/h17-18,21-22,24-25,31,42-46H,19-20,23,26-30,32-38H2,1-16H3,(H,68,74)(H,69,78)(H,70,79)(H2,71,72,83). The zero-order chi connectivity index (χ0) is 71.9. The van der Waals surface area contributed by atoms with Crippen LogP contribution in [0, 0.1) is 5.41 Å². The van der Waals surface area contributed by atoms with Crippen molar-refractivity contribution in [3.8, 4) is 0 Å². The zero-order valence-electron chi connectivity index (χ0n) is 57.1. The van der Waals surface area contributed by atoms with Crippen molar-refractivity contribution in [2.45, 2.75) is 238 Å². The molecule has 534 valence electrons. The number of nitrogens with zero attached hydrogens (tertiary/aromatic N) is 1. The van der Waals surface area contributed by atoms with Crippen LogP contribution in [-0.2, 0) is 102 Å². The Balaban J connectivity index is 1.79. The molecule has 2 saturated heterocycles. The summed E-state index contributed by atoms with van der Waals surface area (Å²) >= 11 is 0. The van der Waals surface area contributed by atoms with E-state index in [0.29, 0.717) is 5.56 Å². The van der Waals surface area contributed by atoms with E-state index < -0.39 is 210 Å². The smallest absolute Gasteiger partial charge is 0.460 e. The van der Waals surface area contributed by atoms with E-state index in [1.54, 1.807) is 107 Å². The fourth-order valence-electron chi connectivity index (χ4n) is 9.54. The molecule has 2 heterocycles. The van der Waals surface area contributed by atoms with Gasteiger partial charge in [0.15, 0.2) is 11.5 Å². The van der Waals surface area contributed by atoms with Gasteiger partial charge < -0.3 is 69.4 Å². The summed E-state index contributed by atoms with van der Waals surface area (Å²) in [6, 6.07) is 3.47. The van der Waals surface area contributed by atoms with Gasteiger partial charge in [0.1, 0.15) is 59.2 Å². The molecule has 2 aliphatic heterocycles. The van der Waals surface area contributed by atoms with Gasteiger partial charge in [-0.3, -0.25) is 37.7 Å². The average Bonchev–Trinajstić information content (AvgIpc) is 0.812. The topological polar surface area (TPSA) is 351 Å². The molecule has 2 aliphatic rings. The molecule has 95 heavy (non-hydrogen) atoms. The molecule has 0 bridgehead atoms. The van der Waals surface area contributed by atoms with E-state index in [0.717, 1.165) is 10.8 Å². The predicted molar refractivity (Wildman–Crippen MR) is 335 cm³/mol. The number of carbonyl (C=O) groups excluding carboxylic acids is 10. The second-order valence-electron chi connectivity index (χ2n) is 28.4. The van der Waals surface area contributed by atoms with E-state index in [9.17, 15) is 59.9 Å². The van der Waals surface area contributed by atoms with E-state index in [1.807, 2.05) is 18.2 Å². The number of amides is 6. The molecule has 5 atom stereocenters. The maximum atomic E-state index is 15.7. The first kappa shape index (κ1) is 80.2. The first-order valence-electron chi connectivity index (χ1n) is 31.1. The summed E-state index contributed by atoms with van der Waals surface area (Å²) in [6.45, 7) is 20.9. The summed E-state index contributed by atoms with van der Waals surface area (Å²) in [6.07, 6.45) is -3.03. The maximum absolute atomic E-state index is 15.7. The van der Waals surface area contributed by atoms with E-state index in [1.165, 1.54) is 32.6 Å². The molecule has 0 saturated carbocycles. The first-order valence-corrected chi connectivity index (χ1v) is 32.6. The van der Waals surface area contributed by atoms with Gasteiger partial charge in [0, 0.05) is 25.8 Å². The Labute approximate surface area is 552 Å². The van der Waals surface area contributed by atoms with Crippen LogP contribution in [0.1, 0.15) is 168 Å². The number of rotatable bonds is 23. The predicted octanol–water partition coefficient (Wildman–Crippen LogP) is 6.13. The van der Waals surface area contributed by atoms with Crippen molar-refractivity contribution in [3.05, 3.63) is 48.0 Å². The third-order valence-corrected chi connectivity index (χ3v) is 14.9. The number of benzene rings is 2. The molecule has 0 radical (unpaired) electrons. The van der Waals surface area contributed by atoms with Crippen LogP contribution >= 0.6 is 0 Å². The van der Waals surface area contributed by atoms with Crippen LogP contribution in [0.5, 0.6) is 0 Å². The number of urea groups is 1. The number of esters is 5. The van der Waals surface area contributed by atoms with Crippen molar-refractivity contribution >= 4 is 80.4 Å². The van der Waals surface area contributed by atoms with Gasteiger partial charge in [0.2, 0.25) is 23.6 Å². The number of nitrogens with one attached hydrogen (secondary N) is 5. The summed E-state index contributed by atoms with van der Waals surface area (Å²) in [5.41, 5.74) is -13.1. The molecular formula is C64H95F3N6O21S. The Bertz CT molecular complexity index is 3180. The van der Waals surface area contributed by atoms with Crippen molar-refractivity contribution in [3.63, 3.8) is 0 Å². The number of fused-ring (bicyclic) bond motifs is 1. The molecule has 27 nitrogen and oxygen atoms in total. The van der Waals surface area contributed by atoms with Crippen LogP contribution in [0.25, 0.3) is 10.8 Å². The lowest BCUT2D eigenvalue weighted by Gasteiger charge is -2.42. The number of cyclic esters (lactones) is 1. The van der Waals surface area contributed by atoms with Crippen molar-refractivity contribution < 1.29 is 112 Å². The number of hydrogen-bond donors (Lipinski definition) is 5. The van der Waals surface area contributed by atoms with Gasteiger partial charge in [0.25, 0.3) is 0 Å². The van der Waals surface area contributed by atoms with Gasteiger partial charge >= 0.3 is 51.5 Å². The summed E-state index contributed by atoms with van der Waals surface area (Å²) in [5, 5.41) is 14.3. The summed E-state index contributed by atoms with van der Waals surface area (Å²) < 4.78 is 113. The molecule has 2 aromatic rings. The van der Waals surface area contributed by atoms with Crippen LogP contribution in [-0.4, -0.2) is 182 Å². The van der Waals surface area contributed by atoms with Crippen LogP contribution in [0.2, 0.25) is 0 Å². The van der Waals surface area contributed by atoms with Crippen molar-refractivity contribution in [2.24, 2.45) is 5.41 Å². The van der Waals surface area contributed by atoms with Gasteiger partial charge in [-0.1, -0.05) is 42.5 Å². The van der Waals surface area contributed by atoms with Crippen LogP contribution in [0.3, 0.4) is 0 Å². The molecule has 4 rings (SSSR count). The molecule has 0 spiro atoms. The minimum absolute atomic E-state index is 0.0631. The summed E-state index contributed by atoms with van der Waals surface area (Å²) in [5.74, 6) is -9.97. The summed E-state index contributed by atoms with van der Waals surface area (Å²) in [7, 11) is -6.11. The van der Waals surface area contributed by atoms with Crippen molar-refractivity contribution in [1.82, 2.24) is 31.5 Å². The molecule has 31 heteroatoms. The van der Waals surface area contributed by atoms with Crippen molar-refractivity contribution in [2.75, 3.05) is 39.6 Å². The highest BCUT2D eigenvalue weighted by Crippen LogP contribution is 2.34. The molecule has 5 unspecified atom stereocenters. The minimum atomic E-state index is -6.11. The Morgan fingerprint density at radius 1 is 0.653 bits per heavy atom. The lowest BCUT2D eigenvalue weighted by molar-refractivity contribution is -0.295. The summed E-state index contributed by atoms with van der Waals surface area (Å²) in [4.78, 5) is 142. The van der Waals surface area contributed by atoms with Gasteiger partial charge in [-0.05, 0) is 159 Å². The highest BCUT2D eigenvalue weighted by molar-refractivity contribution is 7.87. The molecule has 6 amide bonds. The van der Waals surface area contributed by atoms with Crippen molar-refractivity contribution in [1.29, 1.82) is 0 Å². The molecular weight excluding hydrogens is 1280 g/mol. The lowest BCUT2D eigenvalue weighted by atomic mass is 9.91. The number of alkyl halides is 3. The number of hydrogen-bond acceptors (Lipinski definition) is 21. The SMILES string of the molecule is CC(C)(C)OC(=O)CCC(NC(=O)COCC1(COS(=O)(=O)C(F)(F)F)COC(C)(C)OC1)C(=O)NC(CCC(=O)OC(C)(C)C)C(=O)NC(Cc1ccc2ccccc2c1)C(=O)N1CCCCC(C(=O)OC(C)(C)C)NC(=O)NC(C(=O)OC(C)(C)C)CC(=O)OC1(C)C. The zero-order valence-corrected chi connectivity index (χ0v) is 57.9. The Morgan fingerprint density at radius 2 is 1.15 bits per heavy atom. The molecule has 0 aromatic heterocycles. The molecule has 2 fully saturated rings. The average molecular weight is 1370 g/mol.